The molecule has 2 fully saturated rings. The number of hydrogen-bond acceptors (Lipinski definition) is 2. The number of rotatable bonds is 5. The summed E-state index contributed by atoms with van der Waals surface area (Å²) in [6, 6.07) is 8.80. The van der Waals surface area contributed by atoms with E-state index in [0.29, 0.717) is 5.91 Å². The van der Waals surface area contributed by atoms with Crippen molar-refractivity contribution >= 4 is 11.9 Å². The lowest BCUT2D eigenvalue weighted by Crippen LogP contribution is -2.45. The van der Waals surface area contributed by atoms with Crippen molar-refractivity contribution in [3.05, 3.63) is 35.4 Å². The van der Waals surface area contributed by atoms with E-state index in [1.807, 2.05) is 0 Å². The molecule has 1 aliphatic carbocycles. The molecule has 0 radical (unpaired) electrons. The van der Waals surface area contributed by atoms with Crippen LogP contribution in [0.1, 0.15) is 56.6 Å². The van der Waals surface area contributed by atoms with Crippen molar-refractivity contribution in [2.24, 2.45) is 10.9 Å². The molecule has 1 amide bonds. The van der Waals surface area contributed by atoms with Crippen LogP contribution in [-0.4, -0.2) is 42.9 Å². The maximum Gasteiger partial charge on any atom is 0.225 e. The summed E-state index contributed by atoms with van der Waals surface area (Å²) in [6.45, 7) is 4.60. The second-order valence-corrected chi connectivity index (χ2v) is 7.80. The Balaban J connectivity index is 1.48. The van der Waals surface area contributed by atoms with Crippen molar-refractivity contribution in [1.82, 2.24) is 15.5 Å². The standard InChI is InChI=1S/C22H34N4O/c1-3-17-9-7-8-12-19(17)15-24-22(23-2)25-20-13-14-26(16-20)21(27)18-10-5-4-6-11-18/h7-9,12,18,20H,3-6,10-11,13-16H2,1-2H3,(H2,23,24,25). The van der Waals surface area contributed by atoms with Gasteiger partial charge in [0.15, 0.2) is 5.96 Å². The Bertz CT molecular complexity index is 651. The normalized spacial score (nSPS) is 21.3. The third-order valence-electron chi connectivity index (χ3n) is 5.96. The molecule has 1 saturated carbocycles. The Hall–Kier alpha value is -2.04. The zero-order valence-electron chi connectivity index (χ0n) is 16.8. The van der Waals surface area contributed by atoms with E-state index < -0.39 is 0 Å². The van der Waals surface area contributed by atoms with Crippen molar-refractivity contribution in [1.29, 1.82) is 0 Å². The highest BCUT2D eigenvalue weighted by atomic mass is 16.2. The Kier molecular flexibility index (Phi) is 7.13. The van der Waals surface area contributed by atoms with Crippen LogP contribution in [0, 0.1) is 5.92 Å². The first-order valence-electron chi connectivity index (χ1n) is 10.5. The van der Waals surface area contributed by atoms with Gasteiger partial charge in [0.1, 0.15) is 0 Å². The van der Waals surface area contributed by atoms with Gasteiger partial charge in [0.05, 0.1) is 0 Å². The maximum absolute atomic E-state index is 12.7. The van der Waals surface area contributed by atoms with Crippen LogP contribution in [0.2, 0.25) is 0 Å². The van der Waals surface area contributed by atoms with Gasteiger partial charge in [-0.2, -0.15) is 0 Å². The van der Waals surface area contributed by atoms with Gasteiger partial charge in [-0.05, 0) is 36.8 Å². The van der Waals surface area contributed by atoms with E-state index in [1.165, 1.54) is 30.4 Å². The molecule has 0 aromatic heterocycles. The number of nitrogens with one attached hydrogen (secondary N) is 2. The first-order chi connectivity index (χ1) is 13.2. The Morgan fingerprint density at radius 1 is 1.15 bits per heavy atom. The fourth-order valence-electron chi connectivity index (χ4n) is 4.33. The van der Waals surface area contributed by atoms with Gasteiger partial charge in [-0.1, -0.05) is 50.5 Å². The first kappa shape index (κ1) is 19.7. The molecule has 27 heavy (non-hydrogen) atoms. The number of hydrogen-bond donors (Lipinski definition) is 2. The number of carbonyl (C=O) groups is 1. The summed E-state index contributed by atoms with van der Waals surface area (Å²) >= 11 is 0. The van der Waals surface area contributed by atoms with E-state index in [4.69, 9.17) is 0 Å². The Labute approximate surface area is 163 Å². The van der Waals surface area contributed by atoms with Crippen LogP contribution in [0.25, 0.3) is 0 Å². The number of aryl methyl sites for hydroxylation is 1. The summed E-state index contributed by atoms with van der Waals surface area (Å²) in [5.41, 5.74) is 2.68. The zero-order valence-corrected chi connectivity index (χ0v) is 16.8. The van der Waals surface area contributed by atoms with Crippen molar-refractivity contribution in [3.63, 3.8) is 0 Å². The van der Waals surface area contributed by atoms with Crippen molar-refractivity contribution < 1.29 is 4.79 Å². The summed E-state index contributed by atoms with van der Waals surface area (Å²) in [7, 11) is 1.81. The average molecular weight is 371 g/mol. The van der Waals surface area contributed by atoms with E-state index in [-0.39, 0.29) is 12.0 Å². The summed E-state index contributed by atoms with van der Waals surface area (Å²) in [6.07, 6.45) is 7.89. The number of carbonyl (C=O) groups excluding carboxylic acids is 1. The van der Waals surface area contributed by atoms with Crippen LogP contribution in [0.3, 0.4) is 0 Å². The molecule has 1 aromatic rings. The lowest BCUT2D eigenvalue weighted by Gasteiger charge is -2.26. The van der Waals surface area contributed by atoms with Gasteiger partial charge in [-0.15, -0.1) is 0 Å². The minimum Gasteiger partial charge on any atom is -0.352 e. The van der Waals surface area contributed by atoms with Crippen LogP contribution in [0.15, 0.2) is 29.3 Å². The number of guanidine groups is 1. The molecule has 5 heteroatoms. The van der Waals surface area contributed by atoms with Crippen molar-refractivity contribution in [2.45, 2.75) is 64.5 Å². The third-order valence-corrected chi connectivity index (χ3v) is 5.96. The minimum atomic E-state index is 0.264. The highest BCUT2D eigenvalue weighted by Crippen LogP contribution is 2.26. The SMILES string of the molecule is CCc1ccccc1CNC(=NC)NC1CCN(C(=O)C2CCCCC2)C1. The molecule has 1 unspecified atom stereocenters. The van der Waals surface area contributed by atoms with E-state index in [2.05, 4.69) is 51.7 Å². The summed E-state index contributed by atoms with van der Waals surface area (Å²) in [5.74, 6) is 1.46. The smallest absolute Gasteiger partial charge is 0.225 e. The maximum atomic E-state index is 12.7. The average Bonchev–Trinajstić information content (AvgIpc) is 3.19. The Morgan fingerprint density at radius 2 is 1.89 bits per heavy atom. The van der Waals surface area contributed by atoms with Gasteiger partial charge < -0.3 is 15.5 Å². The molecule has 0 bridgehead atoms. The molecule has 2 aliphatic rings. The topological polar surface area (TPSA) is 56.7 Å². The quantitative estimate of drug-likeness (QED) is 0.619. The molecular formula is C22H34N4O. The fourth-order valence-corrected chi connectivity index (χ4v) is 4.33. The number of nitrogens with zero attached hydrogens (tertiary/aromatic N) is 2. The second-order valence-electron chi connectivity index (χ2n) is 7.80. The predicted octanol–water partition coefficient (Wildman–Crippen LogP) is 3.10. The molecular weight excluding hydrogens is 336 g/mol. The molecule has 3 rings (SSSR count). The van der Waals surface area contributed by atoms with E-state index >= 15 is 0 Å². The largest absolute Gasteiger partial charge is 0.352 e. The molecule has 1 aliphatic heterocycles. The van der Waals surface area contributed by atoms with Crippen molar-refractivity contribution in [2.75, 3.05) is 20.1 Å². The van der Waals surface area contributed by atoms with Gasteiger partial charge in [0.2, 0.25) is 5.91 Å². The highest BCUT2D eigenvalue weighted by molar-refractivity contribution is 5.81. The molecule has 1 atom stereocenters. The molecule has 1 heterocycles. The minimum absolute atomic E-state index is 0.264. The van der Waals surface area contributed by atoms with E-state index in [0.717, 1.165) is 51.3 Å². The van der Waals surface area contributed by atoms with Gasteiger partial charge in [-0.3, -0.25) is 9.79 Å². The van der Waals surface area contributed by atoms with Gasteiger partial charge >= 0.3 is 0 Å². The number of likely N-dealkylation sites (tertiary alicyclic amines) is 1. The Morgan fingerprint density at radius 3 is 2.59 bits per heavy atom. The zero-order chi connectivity index (χ0) is 19.1. The first-order valence-corrected chi connectivity index (χ1v) is 10.5. The molecule has 1 saturated heterocycles. The van der Waals surface area contributed by atoms with Crippen LogP contribution >= 0.6 is 0 Å². The van der Waals surface area contributed by atoms with E-state index in [9.17, 15) is 4.79 Å². The number of amides is 1. The van der Waals surface area contributed by atoms with Gasteiger partial charge in [0, 0.05) is 38.6 Å². The highest BCUT2D eigenvalue weighted by Gasteiger charge is 2.31. The fraction of sp³-hybridized carbons (Fsp3) is 0.636. The van der Waals surface area contributed by atoms with Crippen molar-refractivity contribution in [3.8, 4) is 0 Å². The second kappa shape index (κ2) is 9.77. The lowest BCUT2D eigenvalue weighted by atomic mass is 9.88. The molecule has 5 nitrogen and oxygen atoms in total. The van der Waals surface area contributed by atoms with Gasteiger partial charge in [-0.25, -0.2) is 0 Å². The van der Waals surface area contributed by atoms with Crippen LogP contribution in [-0.2, 0) is 17.8 Å². The summed E-state index contributed by atoms with van der Waals surface area (Å²) in [4.78, 5) is 19.2. The summed E-state index contributed by atoms with van der Waals surface area (Å²) in [5, 5.41) is 6.94. The molecule has 0 spiro atoms. The van der Waals surface area contributed by atoms with Gasteiger partial charge in [0.25, 0.3) is 0 Å². The van der Waals surface area contributed by atoms with E-state index in [1.54, 1.807) is 7.05 Å². The number of aliphatic imine (C=N–C) groups is 1. The third kappa shape index (κ3) is 5.24. The van der Waals surface area contributed by atoms with Crippen LogP contribution in [0.4, 0.5) is 0 Å². The lowest BCUT2D eigenvalue weighted by molar-refractivity contribution is -0.135. The monoisotopic (exact) mass is 370 g/mol. The van der Waals surface area contributed by atoms with Crippen LogP contribution in [0.5, 0.6) is 0 Å². The number of benzene rings is 1. The van der Waals surface area contributed by atoms with Crippen LogP contribution < -0.4 is 10.6 Å². The molecule has 2 N–H and O–H groups in total. The molecule has 1 aromatic carbocycles. The molecule has 148 valence electrons. The summed E-state index contributed by atoms with van der Waals surface area (Å²) < 4.78 is 0. The predicted molar refractivity (Wildman–Crippen MR) is 111 cm³/mol.